The minimum Gasteiger partial charge on any atom is -0.467 e. The minimum absolute atomic E-state index is 0.235. The molecule has 1 aromatic heterocycles. The van der Waals surface area contributed by atoms with Crippen molar-refractivity contribution in [3.8, 4) is 0 Å². The molecule has 1 saturated heterocycles. The van der Waals surface area contributed by atoms with Crippen molar-refractivity contribution in [1.29, 1.82) is 0 Å². The molecule has 0 saturated carbocycles. The maximum atomic E-state index is 12.9. The second-order valence-electron chi connectivity index (χ2n) is 4.51. The number of furan rings is 1. The van der Waals surface area contributed by atoms with Gasteiger partial charge in [0.05, 0.1) is 12.8 Å². The van der Waals surface area contributed by atoms with Crippen LogP contribution in [-0.2, 0) is 11.3 Å². The molecule has 0 bridgehead atoms. The van der Waals surface area contributed by atoms with E-state index in [1.54, 1.807) is 36.6 Å². The summed E-state index contributed by atoms with van der Waals surface area (Å²) >= 11 is 5.16. The molecule has 3 rings (SSSR count). The van der Waals surface area contributed by atoms with Crippen LogP contribution in [0.3, 0.4) is 0 Å². The van der Waals surface area contributed by atoms with Crippen molar-refractivity contribution in [2.45, 2.75) is 6.54 Å². The van der Waals surface area contributed by atoms with Crippen LogP contribution < -0.4 is 5.32 Å². The molecule has 21 heavy (non-hydrogen) atoms. The number of halogens is 1. The molecule has 1 aromatic carbocycles. The largest absolute Gasteiger partial charge is 0.467 e. The third-order valence-electron chi connectivity index (χ3n) is 3.04. The van der Waals surface area contributed by atoms with Crippen LogP contribution in [0.25, 0.3) is 6.08 Å². The van der Waals surface area contributed by atoms with Gasteiger partial charge in [-0.25, -0.2) is 4.39 Å². The van der Waals surface area contributed by atoms with Gasteiger partial charge in [-0.05, 0) is 48.1 Å². The molecule has 1 fully saturated rings. The first-order valence-electron chi connectivity index (χ1n) is 6.26. The zero-order valence-electron chi connectivity index (χ0n) is 10.9. The summed E-state index contributed by atoms with van der Waals surface area (Å²) in [6.45, 7) is 0.276. The maximum absolute atomic E-state index is 12.9. The van der Waals surface area contributed by atoms with Gasteiger partial charge in [0.25, 0.3) is 5.91 Å². The van der Waals surface area contributed by atoms with Gasteiger partial charge in [0.2, 0.25) is 0 Å². The molecule has 0 spiro atoms. The van der Waals surface area contributed by atoms with Gasteiger partial charge in [0, 0.05) is 0 Å². The van der Waals surface area contributed by atoms with Crippen LogP contribution in [0.2, 0.25) is 0 Å². The topological polar surface area (TPSA) is 45.5 Å². The third-order valence-corrected chi connectivity index (χ3v) is 3.36. The maximum Gasteiger partial charge on any atom is 0.276 e. The van der Waals surface area contributed by atoms with E-state index in [2.05, 4.69) is 5.32 Å². The number of nitrogens with zero attached hydrogens (tertiary/aromatic N) is 1. The van der Waals surface area contributed by atoms with Crippen molar-refractivity contribution in [1.82, 2.24) is 10.2 Å². The number of thiocarbonyl (C=S) groups is 1. The fourth-order valence-corrected chi connectivity index (χ4v) is 2.26. The molecule has 106 valence electrons. The lowest BCUT2D eigenvalue weighted by Crippen LogP contribution is -2.29. The summed E-state index contributed by atoms with van der Waals surface area (Å²) in [5.74, 6) is 0.0917. The van der Waals surface area contributed by atoms with Crippen molar-refractivity contribution in [3.05, 3.63) is 65.5 Å². The molecule has 0 radical (unpaired) electrons. The molecule has 4 nitrogen and oxygen atoms in total. The Hall–Kier alpha value is -2.47. The van der Waals surface area contributed by atoms with Gasteiger partial charge in [0.1, 0.15) is 17.3 Å². The molecule has 0 aliphatic carbocycles. The van der Waals surface area contributed by atoms with E-state index in [9.17, 15) is 9.18 Å². The average Bonchev–Trinajstić information content (AvgIpc) is 3.06. The average molecular weight is 302 g/mol. The van der Waals surface area contributed by atoms with Gasteiger partial charge in [-0.3, -0.25) is 9.69 Å². The summed E-state index contributed by atoms with van der Waals surface area (Å²) in [6, 6.07) is 9.39. The highest BCUT2D eigenvalue weighted by Gasteiger charge is 2.31. The van der Waals surface area contributed by atoms with Gasteiger partial charge in [-0.1, -0.05) is 12.1 Å². The Morgan fingerprint density at radius 3 is 2.71 bits per heavy atom. The Bertz CT molecular complexity index is 708. The van der Waals surface area contributed by atoms with E-state index >= 15 is 0 Å². The molecule has 0 atom stereocenters. The van der Waals surface area contributed by atoms with Crippen LogP contribution in [0.1, 0.15) is 11.3 Å². The van der Waals surface area contributed by atoms with Crippen LogP contribution in [0.15, 0.2) is 52.8 Å². The summed E-state index contributed by atoms with van der Waals surface area (Å²) in [5.41, 5.74) is 1.08. The molecule has 2 aromatic rings. The lowest BCUT2D eigenvalue weighted by atomic mass is 10.2. The Kier molecular flexibility index (Phi) is 3.53. The van der Waals surface area contributed by atoms with Crippen molar-refractivity contribution >= 4 is 29.3 Å². The van der Waals surface area contributed by atoms with E-state index < -0.39 is 0 Å². The van der Waals surface area contributed by atoms with E-state index in [0.29, 0.717) is 16.6 Å². The van der Waals surface area contributed by atoms with E-state index in [1.807, 2.05) is 0 Å². The van der Waals surface area contributed by atoms with Crippen molar-refractivity contribution in [3.63, 3.8) is 0 Å². The van der Waals surface area contributed by atoms with Crippen molar-refractivity contribution in [2.75, 3.05) is 0 Å². The summed E-state index contributed by atoms with van der Waals surface area (Å²) in [5, 5.41) is 3.19. The lowest BCUT2D eigenvalue weighted by Gasteiger charge is -2.11. The summed E-state index contributed by atoms with van der Waals surface area (Å²) in [7, 11) is 0. The number of hydrogen-bond acceptors (Lipinski definition) is 3. The third kappa shape index (κ3) is 2.85. The monoisotopic (exact) mass is 302 g/mol. The van der Waals surface area contributed by atoms with E-state index in [4.69, 9.17) is 16.6 Å². The lowest BCUT2D eigenvalue weighted by molar-refractivity contribution is -0.122. The number of nitrogens with one attached hydrogen (secondary N) is 1. The van der Waals surface area contributed by atoms with Gasteiger partial charge < -0.3 is 9.73 Å². The molecule has 1 aliphatic rings. The second-order valence-corrected chi connectivity index (χ2v) is 4.90. The number of hydrogen-bond donors (Lipinski definition) is 1. The van der Waals surface area contributed by atoms with Crippen LogP contribution in [-0.4, -0.2) is 15.9 Å². The zero-order chi connectivity index (χ0) is 14.8. The van der Waals surface area contributed by atoms with Crippen LogP contribution >= 0.6 is 12.2 Å². The fraction of sp³-hybridized carbons (Fsp3) is 0.0667. The summed E-state index contributed by atoms with van der Waals surface area (Å²) < 4.78 is 18.1. The fourth-order valence-electron chi connectivity index (χ4n) is 2.00. The molecular weight excluding hydrogens is 291 g/mol. The zero-order valence-corrected chi connectivity index (χ0v) is 11.7. The number of amides is 1. The van der Waals surface area contributed by atoms with Gasteiger partial charge in [-0.15, -0.1) is 0 Å². The Morgan fingerprint density at radius 1 is 1.29 bits per heavy atom. The number of rotatable bonds is 3. The SMILES string of the molecule is O=C1C(=Cc2ccc(F)cc2)NC(=S)N1Cc1ccco1. The van der Waals surface area contributed by atoms with Crippen molar-refractivity contribution in [2.24, 2.45) is 0 Å². The Labute approximate surface area is 125 Å². The quantitative estimate of drug-likeness (QED) is 0.699. The van der Waals surface area contributed by atoms with Crippen molar-refractivity contribution < 1.29 is 13.6 Å². The molecular formula is C15H11FN2O2S. The minimum atomic E-state index is -0.321. The molecule has 6 heteroatoms. The molecule has 2 heterocycles. The number of benzene rings is 1. The Morgan fingerprint density at radius 2 is 2.05 bits per heavy atom. The predicted molar refractivity (Wildman–Crippen MR) is 79.4 cm³/mol. The highest BCUT2D eigenvalue weighted by molar-refractivity contribution is 7.80. The highest BCUT2D eigenvalue weighted by atomic mass is 32.1. The van der Waals surface area contributed by atoms with Crippen LogP contribution in [0.5, 0.6) is 0 Å². The smallest absolute Gasteiger partial charge is 0.276 e. The van der Waals surface area contributed by atoms with Gasteiger partial charge in [-0.2, -0.15) is 0 Å². The molecule has 0 unspecified atom stereocenters. The number of carbonyl (C=O) groups is 1. The normalized spacial score (nSPS) is 16.6. The Balaban J connectivity index is 1.81. The summed E-state index contributed by atoms with van der Waals surface area (Å²) in [6.07, 6.45) is 3.18. The highest BCUT2D eigenvalue weighted by Crippen LogP contribution is 2.17. The molecule has 1 aliphatic heterocycles. The molecule has 1 N–H and O–H groups in total. The van der Waals surface area contributed by atoms with Crippen LogP contribution in [0, 0.1) is 5.82 Å². The predicted octanol–water partition coefficient (Wildman–Crippen LogP) is 2.68. The summed E-state index contributed by atoms with van der Waals surface area (Å²) in [4.78, 5) is 13.7. The first-order chi connectivity index (χ1) is 10.1. The second kappa shape index (κ2) is 5.49. The van der Waals surface area contributed by atoms with E-state index in [0.717, 1.165) is 5.56 Å². The van der Waals surface area contributed by atoms with Gasteiger partial charge in [0.15, 0.2) is 5.11 Å². The molecule has 1 amide bonds. The number of carbonyl (C=O) groups excluding carboxylic acids is 1. The first kappa shape index (κ1) is 13.5. The van der Waals surface area contributed by atoms with Crippen LogP contribution in [0.4, 0.5) is 4.39 Å². The van der Waals surface area contributed by atoms with E-state index in [-0.39, 0.29) is 18.3 Å². The standard InChI is InChI=1S/C15H11FN2O2S/c16-11-5-3-10(4-6-11)8-13-14(19)18(15(21)17-13)9-12-2-1-7-20-12/h1-8H,9H2,(H,17,21). The van der Waals surface area contributed by atoms with E-state index in [1.165, 1.54) is 17.0 Å². The van der Waals surface area contributed by atoms with Gasteiger partial charge >= 0.3 is 0 Å². The first-order valence-corrected chi connectivity index (χ1v) is 6.67.